The van der Waals surface area contributed by atoms with Crippen LogP contribution in [0.3, 0.4) is 0 Å². The molecule has 4 atom stereocenters. The Morgan fingerprint density at radius 2 is 1.63 bits per heavy atom. The number of rotatable bonds is 8. The van der Waals surface area contributed by atoms with E-state index in [9.17, 15) is 9.90 Å². The highest BCUT2D eigenvalue weighted by molar-refractivity contribution is 5.89. The Morgan fingerprint density at radius 3 is 2.33 bits per heavy atom. The van der Waals surface area contributed by atoms with Gasteiger partial charge < -0.3 is 39.6 Å². The average Bonchev–Trinajstić information content (AvgIpc) is 3.50. The molecule has 3 N–H and O–H groups in total. The first-order chi connectivity index (χ1) is 21.1. The summed E-state index contributed by atoms with van der Waals surface area (Å²) >= 11 is 0. The van der Waals surface area contributed by atoms with E-state index in [2.05, 4.69) is 39.8 Å². The largest absolute Gasteiger partial charge is 0.392 e. The van der Waals surface area contributed by atoms with E-state index in [4.69, 9.17) is 18.9 Å². The number of hydrogen-bond acceptors (Lipinski definition) is 7. The molecule has 2 amide bonds. The minimum atomic E-state index is -0.652. The molecule has 0 radical (unpaired) electrons. The molecule has 3 heterocycles. The summed E-state index contributed by atoms with van der Waals surface area (Å²) in [5.74, 6) is -0.521. The number of likely N-dealkylation sites (tertiary alicyclic amines) is 1. The van der Waals surface area contributed by atoms with Crippen LogP contribution in [0.15, 0.2) is 78.9 Å². The van der Waals surface area contributed by atoms with E-state index in [1.54, 1.807) is 0 Å². The van der Waals surface area contributed by atoms with Gasteiger partial charge in [-0.25, -0.2) is 4.79 Å². The number of aliphatic hydroxyl groups excluding tert-OH is 1. The van der Waals surface area contributed by atoms with Gasteiger partial charge in [0, 0.05) is 56.2 Å². The molecule has 0 aliphatic carbocycles. The van der Waals surface area contributed by atoms with Crippen LogP contribution in [0, 0.1) is 0 Å². The predicted molar refractivity (Wildman–Crippen MR) is 162 cm³/mol. The quantitative estimate of drug-likeness (QED) is 0.337. The smallest absolute Gasteiger partial charge is 0.319 e. The fraction of sp³-hybridized carbons (Fsp3) is 0.441. The Bertz CT molecular complexity index is 1340. The van der Waals surface area contributed by atoms with Gasteiger partial charge in [0.15, 0.2) is 12.1 Å². The highest BCUT2D eigenvalue weighted by atomic mass is 16.7. The van der Waals surface area contributed by atoms with Crippen molar-refractivity contribution < 1.29 is 28.8 Å². The van der Waals surface area contributed by atoms with Crippen LogP contribution in [-0.2, 0) is 25.6 Å². The molecule has 228 valence electrons. The molecule has 0 aromatic heterocycles. The van der Waals surface area contributed by atoms with E-state index in [0.717, 1.165) is 54.7 Å². The summed E-state index contributed by atoms with van der Waals surface area (Å²) in [6.45, 7) is 6.15. The maximum absolute atomic E-state index is 12.2. The standard InChI is InChI=1S/C34H41N3O6/c1-2-35-33(39)36-28-10-6-9-27(21-28)32-42-29(22-37-17-15-34(16-18-37)40-19-20-41-34)30(25-7-4-3-5-8-25)31(43-32)26-13-11-24(23-38)12-14-26/h3-14,21,29-32,38H,2,15-20,22-23H2,1H3,(H2,35,36,39). The molecular formula is C34H41N3O6. The maximum atomic E-state index is 12.2. The lowest BCUT2D eigenvalue weighted by Crippen LogP contribution is -2.50. The van der Waals surface area contributed by atoms with Crippen molar-refractivity contribution in [2.24, 2.45) is 0 Å². The number of ether oxygens (including phenoxy) is 4. The van der Waals surface area contributed by atoms with Crippen LogP contribution in [0.1, 0.15) is 60.3 Å². The van der Waals surface area contributed by atoms with E-state index in [1.807, 2.05) is 61.5 Å². The second-order valence-corrected chi connectivity index (χ2v) is 11.4. The molecule has 43 heavy (non-hydrogen) atoms. The second-order valence-electron chi connectivity index (χ2n) is 11.4. The number of nitrogens with zero attached hydrogens (tertiary/aromatic N) is 1. The molecule has 1 spiro atoms. The zero-order valence-corrected chi connectivity index (χ0v) is 24.6. The second kappa shape index (κ2) is 13.5. The number of piperidine rings is 1. The number of carbonyl (C=O) groups is 1. The lowest BCUT2D eigenvalue weighted by molar-refractivity contribution is -0.265. The summed E-state index contributed by atoms with van der Waals surface area (Å²) in [4.78, 5) is 14.7. The van der Waals surface area contributed by atoms with Gasteiger partial charge in [-0.05, 0) is 35.7 Å². The molecule has 3 saturated heterocycles. The van der Waals surface area contributed by atoms with Gasteiger partial charge in [-0.15, -0.1) is 0 Å². The first kappa shape index (κ1) is 29.7. The van der Waals surface area contributed by atoms with Crippen molar-refractivity contribution in [3.8, 4) is 0 Å². The molecule has 3 aliphatic heterocycles. The van der Waals surface area contributed by atoms with E-state index in [1.165, 1.54) is 0 Å². The lowest BCUT2D eigenvalue weighted by atomic mass is 9.83. The minimum Gasteiger partial charge on any atom is -0.392 e. The van der Waals surface area contributed by atoms with E-state index >= 15 is 0 Å². The fourth-order valence-electron chi connectivity index (χ4n) is 6.38. The van der Waals surface area contributed by atoms with Gasteiger partial charge in [0.1, 0.15) is 0 Å². The van der Waals surface area contributed by atoms with Crippen molar-refractivity contribution in [3.63, 3.8) is 0 Å². The minimum absolute atomic E-state index is 0.0163. The third-order valence-electron chi connectivity index (χ3n) is 8.59. The van der Waals surface area contributed by atoms with Crippen LogP contribution < -0.4 is 10.6 Å². The molecule has 3 fully saturated rings. The van der Waals surface area contributed by atoms with Crippen LogP contribution in [0.25, 0.3) is 0 Å². The monoisotopic (exact) mass is 587 g/mol. The number of anilines is 1. The highest BCUT2D eigenvalue weighted by Gasteiger charge is 2.45. The third kappa shape index (κ3) is 6.93. The van der Waals surface area contributed by atoms with Crippen molar-refractivity contribution >= 4 is 11.7 Å². The van der Waals surface area contributed by atoms with E-state index in [0.29, 0.717) is 25.4 Å². The predicted octanol–water partition coefficient (Wildman–Crippen LogP) is 5.10. The van der Waals surface area contributed by atoms with Crippen LogP contribution in [-0.4, -0.2) is 67.3 Å². The number of hydrogen-bond donors (Lipinski definition) is 3. The molecule has 9 nitrogen and oxygen atoms in total. The van der Waals surface area contributed by atoms with E-state index < -0.39 is 12.1 Å². The average molecular weight is 588 g/mol. The number of carbonyl (C=O) groups excluding carboxylic acids is 1. The van der Waals surface area contributed by atoms with Crippen LogP contribution in [0.2, 0.25) is 0 Å². The number of urea groups is 1. The van der Waals surface area contributed by atoms with Gasteiger partial charge in [0.2, 0.25) is 0 Å². The molecular weight excluding hydrogens is 546 g/mol. The van der Waals surface area contributed by atoms with Crippen molar-refractivity contribution in [2.45, 2.75) is 56.6 Å². The Hall–Kier alpha value is -3.31. The first-order valence-electron chi connectivity index (χ1n) is 15.3. The van der Waals surface area contributed by atoms with Crippen molar-refractivity contribution in [3.05, 3.63) is 101 Å². The highest BCUT2D eigenvalue weighted by Crippen LogP contribution is 2.47. The van der Waals surface area contributed by atoms with Crippen LogP contribution in [0.5, 0.6) is 0 Å². The van der Waals surface area contributed by atoms with Crippen LogP contribution >= 0.6 is 0 Å². The van der Waals surface area contributed by atoms with E-state index in [-0.39, 0.29) is 30.8 Å². The molecule has 4 unspecified atom stereocenters. The lowest BCUT2D eigenvalue weighted by Gasteiger charge is -2.46. The maximum Gasteiger partial charge on any atom is 0.319 e. The molecule has 0 saturated carbocycles. The number of amides is 2. The summed E-state index contributed by atoms with van der Waals surface area (Å²) < 4.78 is 25.7. The Morgan fingerprint density at radius 1 is 0.907 bits per heavy atom. The van der Waals surface area contributed by atoms with Gasteiger partial charge in [-0.2, -0.15) is 0 Å². The summed E-state index contributed by atoms with van der Waals surface area (Å²) in [6.07, 6.45) is 0.505. The summed E-state index contributed by atoms with van der Waals surface area (Å²) in [7, 11) is 0. The van der Waals surface area contributed by atoms with Crippen molar-refractivity contribution in [1.29, 1.82) is 0 Å². The molecule has 3 aromatic rings. The van der Waals surface area contributed by atoms with Gasteiger partial charge in [-0.3, -0.25) is 0 Å². The topological polar surface area (TPSA) is 102 Å². The SMILES string of the molecule is CCNC(=O)Nc1cccc(C2OC(CN3CCC4(CC3)OCCO4)C(c3ccccc3)C(c3ccc(CO)cc3)O2)c1. The summed E-state index contributed by atoms with van der Waals surface area (Å²) in [6, 6.07) is 25.8. The first-order valence-corrected chi connectivity index (χ1v) is 15.3. The fourth-order valence-corrected chi connectivity index (χ4v) is 6.38. The normalized spacial score (nSPS) is 25.4. The molecule has 6 rings (SSSR count). The molecule has 3 aromatic carbocycles. The van der Waals surface area contributed by atoms with Gasteiger partial charge in [0.05, 0.1) is 32.0 Å². The van der Waals surface area contributed by atoms with Gasteiger partial charge in [0.25, 0.3) is 0 Å². The Balaban J connectivity index is 1.32. The zero-order chi connectivity index (χ0) is 29.6. The number of benzene rings is 3. The third-order valence-corrected chi connectivity index (χ3v) is 8.59. The summed E-state index contributed by atoms with van der Waals surface area (Å²) in [5, 5.41) is 15.3. The van der Waals surface area contributed by atoms with Gasteiger partial charge in [-0.1, -0.05) is 66.7 Å². The number of aliphatic hydroxyl groups is 1. The summed E-state index contributed by atoms with van der Waals surface area (Å²) in [5.41, 5.74) is 4.51. The van der Waals surface area contributed by atoms with Crippen LogP contribution in [0.4, 0.5) is 10.5 Å². The zero-order valence-electron chi connectivity index (χ0n) is 24.6. The Labute approximate surface area is 253 Å². The Kier molecular flexibility index (Phi) is 9.37. The van der Waals surface area contributed by atoms with Crippen molar-refractivity contribution in [2.75, 3.05) is 44.7 Å². The number of nitrogens with one attached hydrogen (secondary N) is 2. The van der Waals surface area contributed by atoms with Gasteiger partial charge >= 0.3 is 6.03 Å². The van der Waals surface area contributed by atoms with Crippen molar-refractivity contribution in [1.82, 2.24) is 10.2 Å². The molecule has 9 heteroatoms. The molecule has 3 aliphatic rings. The molecule has 0 bridgehead atoms.